The van der Waals surface area contributed by atoms with Crippen LogP contribution in [0.2, 0.25) is 0 Å². The summed E-state index contributed by atoms with van der Waals surface area (Å²) in [7, 11) is 0. The topological polar surface area (TPSA) is 57.2 Å². The highest BCUT2D eigenvalue weighted by atomic mass is 16.6. The van der Waals surface area contributed by atoms with E-state index in [9.17, 15) is 0 Å². The summed E-state index contributed by atoms with van der Waals surface area (Å²) in [4.78, 5) is 0. The molecule has 1 aliphatic rings. The van der Waals surface area contributed by atoms with E-state index in [0.29, 0.717) is 33.0 Å². The normalized spacial score (nSPS) is 23.2. The van der Waals surface area contributed by atoms with Crippen LogP contribution < -0.4 is 0 Å². The van der Waals surface area contributed by atoms with E-state index in [-0.39, 0.29) is 12.2 Å². The molecule has 1 saturated heterocycles. The van der Waals surface area contributed by atoms with Crippen LogP contribution in [0.3, 0.4) is 0 Å². The summed E-state index contributed by atoms with van der Waals surface area (Å²) < 4.78 is 21.7. The Morgan fingerprint density at radius 3 is 2.67 bits per heavy atom. The van der Waals surface area contributed by atoms with Gasteiger partial charge in [-0.15, -0.1) is 0 Å². The average molecular weight is 262 g/mol. The van der Waals surface area contributed by atoms with Crippen LogP contribution in [-0.4, -0.2) is 63.1 Å². The smallest absolute Gasteiger partial charge is 0.0809 e. The number of aliphatic hydroxyl groups excluding tert-OH is 1. The first-order valence-electron chi connectivity index (χ1n) is 6.75. The van der Waals surface area contributed by atoms with Crippen molar-refractivity contribution >= 4 is 0 Å². The fourth-order valence-electron chi connectivity index (χ4n) is 1.71. The lowest BCUT2D eigenvalue weighted by molar-refractivity contribution is -0.0518. The van der Waals surface area contributed by atoms with Crippen LogP contribution in [-0.2, 0) is 18.9 Å². The first-order chi connectivity index (χ1) is 8.68. The molecule has 3 unspecified atom stereocenters. The van der Waals surface area contributed by atoms with E-state index in [1.54, 1.807) is 6.92 Å². The number of aliphatic hydroxyl groups is 1. The van der Waals surface area contributed by atoms with Crippen molar-refractivity contribution in [3.63, 3.8) is 0 Å². The molecular weight excluding hydrogens is 236 g/mol. The molecule has 18 heavy (non-hydrogen) atoms. The Hall–Kier alpha value is -0.200. The Bertz CT molecular complexity index is 192. The van der Waals surface area contributed by atoms with Gasteiger partial charge in [0.15, 0.2) is 0 Å². The molecule has 0 spiro atoms. The maximum absolute atomic E-state index is 9.05. The summed E-state index contributed by atoms with van der Waals surface area (Å²) in [6.07, 6.45) is 2.09. The highest BCUT2D eigenvalue weighted by Crippen LogP contribution is 2.11. The Balaban J connectivity index is 1.82. The molecule has 0 aliphatic carbocycles. The second-order valence-corrected chi connectivity index (χ2v) is 4.78. The van der Waals surface area contributed by atoms with Gasteiger partial charge >= 0.3 is 0 Å². The van der Waals surface area contributed by atoms with Crippen LogP contribution in [0.4, 0.5) is 0 Å². The van der Waals surface area contributed by atoms with Crippen molar-refractivity contribution < 1.29 is 24.1 Å². The van der Waals surface area contributed by atoms with Crippen molar-refractivity contribution in [3.8, 4) is 0 Å². The maximum Gasteiger partial charge on any atom is 0.0809 e. The number of ether oxygens (including phenoxy) is 4. The molecule has 5 nitrogen and oxygen atoms in total. The molecule has 1 heterocycles. The van der Waals surface area contributed by atoms with E-state index in [4.69, 9.17) is 24.1 Å². The van der Waals surface area contributed by atoms with E-state index >= 15 is 0 Å². The standard InChI is InChI=1S/C13H26O5/c1-11(14)8-18-12(2)9-15-6-7-16-10-13-4-3-5-17-13/h11-14H,3-10H2,1-2H3. The minimum Gasteiger partial charge on any atom is -0.391 e. The van der Waals surface area contributed by atoms with Gasteiger partial charge in [-0.2, -0.15) is 0 Å². The third-order valence-electron chi connectivity index (χ3n) is 2.67. The van der Waals surface area contributed by atoms with Crippen molar-refractivity contribution in [2.24, 2.45) is 0 Å². The van der Waals surface area contributed by atoms with Gasteiger partial charge in [0.25, 0.3) is 0 Å². The van der Waals surface area contributed by atoms with E-state index in [0.717, 1.165) is 19.4 Å². The molecule has 0 aromatic rings. The minimum absolute atomic E-state index is 0.00207. The zero-order valence-corrected chi connectivity index (χ0v) is 11.5. The van der Waals surface area contributed by atoms with Gasteiger partial charge in [-0.1, -0.05) is 0 Å². The van der Waals surface area contributed by atoms with Crippen molar-refractivity contribution in [1.29, 1.82) is 0 Å². The monoisotopic (exact) mass is 262 g/mol. The largest absolute Gasteiger partial charge is 0.391 e. The molecular formula is C13H26O5. The molecule has 5 heteroatoms. The van der Waals surface area contributed by atoms with Crippen LogP contribution in [0, 0.1) is 0 Å². The quantitative estimate of drug-likeness (QED) is 0.595. The zero-order chi connectivity index (χ0) is 13.2. The van der Waals surface area contributed by atoms with E-state index < -0.39 is 6.10 Å². The maximum atomic E-state index is 9.05. The van der Waals surface area contributed by atoms with Crippen molar-refractivity contribution in [2.45, 2.75) is 45.0 Å². The van der Waals surface area contributed by atoms with Crippen molar-refractivity contribution in [2.75, 3.05) is 39.6 Å². The molecule has 3 atom stereocenters. The third-order valence-corrected chi connectivity index (χ3v) is 2.67. The number of hydrogen-bond donors (Lipinski definition) is 1. The molecule has 0 radical (unpaired) electrons. The predicted molar refractivity (Wildman–Crippen MR) is 67.7 cm³/mol. The Morgan fingerprint density at radius 1 is 1.22 bits per heavy atom. The van der Waals surface area contributed by atoms with Gasteiger partial charge in [-0.25, -0.2) is 0 Å². The SMILES string of the molecule is CC(O)COC(C)COCCOCC1CCCO1. The van der Waals surface area contributed by atoms with Crippen molar-refractivity contribution in [3.05, 3.63) is 0 Å². The average Bonchev–Trinajstić information content (AvgIpc) is 2.84. The summed E-state index contributed by atoms with van der Waals surface area (Å²) in [5.41, 5.74) is 0. The first-order valence-corrected chi connectivity index (χ1v) is 6.75. The Labute approximate surface area is 109 Å². The highest BCUT2D eigenvalue weighted by Gasteiger charge is 2.14. The Kier molecular flexibility index (Phi) is 8.54. The van der Waals surface area contributed by atoms with E-state index in [2.05, 4.69) is 0 Å². The van der Waals surface area contributed by atoms with Crippen LogP contribution in [0.5, 0.6) is 0 Å². The first kappa shape index (κ1) is 15.9. The molecule has 0 amide bonds. The van der Waals surface area contributed by atoms with Gasteiger partial charge in [0.05, 0.1) is 51.3 Å². The summed E-state index contributed by atoms with van der Waals surface area (Å²) in [6, 6.07) is 0. The fraction of sp³-hybridized carbons (Fsp3) is 1.00. The molecule has 1 N–H and O–H groups in total. The van der Waals surface area contributed by atoms with Crippen LogP contribution in [0.15, 0.2) is 0 Å². The summed E-state index contributed by atoms with van der Waals surface area (Å²) in [6.45, 7) is 7.18. The van der Waals surface area contributed by atoms with Crippen molar-refractivity contribution in [1.82, 2.24) is 0 Å². The van der Waals surface area contributed by atoms with E-state index in [1.165, 1.54) is 0 Å². The van der Waals surface area contributed by atoms with E-state index in [1.807, 2.05) is 6.92 Å². The summed E-state index contributed by atoms with van der Waals surface area (Å²) in [5, 5.41) is 9.05. The highest BCUT2D eigenvalue weighted by molar-refractivity contribution is 4.63. The fourth-order valence-corrected chi connectivity index (χ4v) is 1.71. The number of rotatable bonds is 10. The second-order valence-electron chi connectivity index (χ2n) is 4.78. The molecule has 0 saturated carbocycles. The lowest BCUT2D eigenvalue weighted by Crippen LogP contribution is -2.23. The van der Waals surface area contributed by atoms with Gasteiger partial charge in [0, 0.05) is 6.61 Å². The second kappa shape index (κ2) is 9.69. The molecule has 1 aliphatic heterocycles. The van der Waals surface area contributed by atoms with Gasteiger partial charge in [0.1, 0.15) is 0 Å². The molecule has 1 fully saturated rings. The molecule has 0 aromatic carbocycles. The van der Waals surface area contributed by atoms with Crippen LogP contribution in [0.25, 0.3) is 0 Å². The van der Waals surface area contributed by atoms with Crippen LogP contribution >= 0.6 is 0 Å². The zero-order valence-electron chi connectivity index (χ0n) is 11.5. The Morgan fingerprint density at radius 2 is 2.00 bits per heavy atom. The molecule has 0 aromatic heterocycles. The number of hydrogen-bond acceptors (Lipinski definition) is 5. The molecule has 0 bridgehead atoms. The predicted octanol–water partition coefficient (Wildman–Crippen LogP) is 0.984. The lowest BCUT2D eigenvalue weighted by atomic mass is 10.2. The van der Waals surface area contributed by atoms with Gasteiger partial charge in [-0.05, 0) is 26.7 Å². The third kappa shape index (κ3) is 8.00. The summed E-state index contributed by atoms with van der Waals surface area (Å²) in [5.74, 6) is 0. The lowest BCUT2D eigenvalue weighted by Gasteiger charge is -2.15. The molecule has 1 rings (SSSR count). The minimum atomic E-state index is -0.429. The molecule has 108 valence electrons. The van der Waals surface area contributed by atoms with Gasteiger partial charge in [0.2, 0.25) is 0 Å². The summed E-state index contributed by atoms with van der Waals surface area (Å²) >= 11 is 0. The van der Waals surface area contributed by atoms with Gasteiger partial charge < -0.3 is 24.1 Å². The van der Waals surface area contributed by atoms with Gasteiger partial charge in [-0.3, -0.25) is 0 Å². The van der Waals surface area contributed by atoms with Crippen LogP contribution in [0.1, 0.15) is 26.7 Å².